The van der Waals surface area contributed by atoms with E-state index in [0.717, 1.165) is 6.07 Å². The molecule has 0 unspecified atom stereocenters. The summed E-state index contributed by atoms with van der Waals surface area (Å²) in [5, 5.41) is 0. The Morgan fingerprint density at radius 2 is 1.86 bits per heavy atom. The van der Waals surface area contributed by atoms with Crippen LogP contribution in [0, 0.1) is 11.8 Å². The molecule has 74 valence electrons. The van der Waals surface area contributed by atoms with E-state index in [1.54, 1.807) is 0 Å². The lowest BCUT2D eigenvalue weighted by atomic mass is 10.1. The molecular formula is C10H8F3N. The van der Waals surface area contributed by atoms with E-state index in [1.807, 2.05) is 0 Å². The summed E-state index contributed by atoms with van der Waals surface area (Å²) in [5.74, 6) is 4.78. The summed E-state index contributed by atoms with van der Waals surface area (Å²) >= 11 is 0. The van der Waals surface area contributed by atoms with Crippen LogP contribution in [0.25, 0.3) is 0 Å². The van der Waals surface area contributed by atoms with Crippen LogP contribution < -0.4 is 5.73 Å². The van der Waals surface area contributed by atoms with E-state index in [2.05, 4.69) is 11.8 Å². The molecule has 0 spiro atoms. The van der Waals surface area contributed by atoms with Gasteiger partial charge in [0.2, 0.25) is 0 Å². The number of halogens is 3. The van der Waals surface area contributed by atoms with Gasteiger partial charge in [-0.15, -0.1) is 0 Å². The smallest absolute Gasteiger partial charge is 0.320 e. The van der Waals surface area contributed by atoms with Crippen molar-refractivity contribution in [1.29, 1.82) is 0 Å². The predicted molar refractivity (Wildman–Crippen MR) is 47.4 cm³/mol. The maximum atomic E-state index is 12.4. The highest BCUT2D eigenvalue weighted by Gasteiger charge is 2.32. The molecule has 4 heteroatoms. The second-order valence-corrected chi connectivity index (χ2v) is 2.55. The van der Waals surface area contributed by atoms with Gasteiger partial charge in [-0.05, 0) is 12.1 Å². The van der Waals surface area contributed by atoms with Crippen molar-refractivity contribution < 1.29 is 13.2 Å². The van der Waals surface area contributed by atoms with Crippen molar-refractivity contribution in [3.63, 3.8) is 0 Å². The molecule has 0 bridgehead atoms. The zero-order valence-corrected chi connectivity index (χ0v) is 7.23. The van der Waals surface area contributed by atoms with Crippen molar-refractivity contribution in [2.24, 2.45) is 5.73 Å². The van der Waals surface area contributed by atoms with Crippen molar-refractivity contribution in [3.05, 3.63) is 35.4 Å². The van der Waals surface area contributed by atoms with Crippen molar-refractivity contribution >= 4 is 0 Å². The fourth-order valence-corrected chi connectivity index (χ4v) is 0.986. The lowest BCUT2D eigenvalue weighted by Crippen LogP contribution is -2.07. The van der Waals surface area contributed by atoms with E-state index in [-0.39, 0.29) is 12.1 Å². The molecule has 0 atom stereocenters. The molecule has 0 aliphatic heterocycles. The molecule has 0 radical (unpaired) electrons. The Kier molecular flexibility index (Phi) is 3.15. The molecule has 0 aromatic heterocycles. The summed E-state index contributed by atoms with van der Waals surface area (Å²) in [6.45, 7) is 0.0478. The molecule has 1 rings (SSSR count). The first-order chi connectivity index (χ1) is 6.55. The maximum absolute atomic E-state index is 12.4. The minimum absolute atomic E-state index is 0.0366. The lowest BCUT2D eigenvalue weighted by molar-refractivity contribution is -0.137. The van der Waals surface area contributed by atoms with Gasteiger partial charge >= 0.3 is 6.18 Å². The predicted octanol–water partition coefficient (Wildman–Crippen LogP) is 2.02. The van der Waals surface area contributed by atoms with Crippen LogP contribution >= 0.6 is 0 Å². The SMILES string of the molecule is NCC#Cc1ccccc1C(F)(F)F. The molecule has 0 heterocycles. The number of hydrogen-bond donors (Lipinski definition) is 1. The first kappa shape index (κ1) is 10.6. The van der Waals surface area contributed by atoms with Gasteiger partial charge in [-0.1, -0.05) is 24.0 Å². The third kappa shape index (κ3) is 2.51. The number of benzene rings is 1. The van der Waals surface area contributed by atoms with E-state index in [0.29, 0.717) is 0 Å². The van der Waals surface area contributed by atoms with Crippen LogP contribution in [0.4, 0.5) is 13.2 Å². The van der Waals surface area contributed by atoms with Crippen LogP contribution in [0.15, 0.2) is 24.3 Å². The standard InChI is InChI=1S/C10H8F3N/c11-10(12,13)9-6-2-1-4-8(9)5-3-7-14/h1-2,4,6H,7,14H2. The Hall–Kier alpha value is -1.47. The van der Waals surface area contributed by atoms with Crippen molar-refractivity contribution in [1.82, 2.24) is 0 Å². The minimum Gasteiger partial charge on any atom is -0.320 e. The van der Waals surface area contributed by atoms with E-state index in [4.69, 9.17) is 5.73 Å². The van der Waals surface area contributed by atoms with Crippen molar-refractivity contribution in [2.45, 2.75) is 6.18 Å². The third-order valence-corrected chi connectivity index (χ3v) is 1.56. The quantitative estimate of drug-likeness (QED) is 0.635. The summed E-state index contributed by atoms with van der Waals surface area (Å²) in [5.41, 5.74) is 4.32. The van der Waals surface area contributed by atoms with Crippen LogP contribution in [0.1, 0.15) is 11.1 Å². The average Bonchev–Trinajstić information content (AvgIpc) is 2.14. The Morgan fingerprint density at radius 1 is 1.21 bits per heavy atom. The molecule has 0 aliphatic rings. The van der Waals surface area contributed by atoms with Gasteiger partial charge in [0.1, 0.15) is 0 Å². The molecular weight excluding hydrogens is 191 g/mol. The van der Waals surface area contributed by atoms with E-state index < -0.39 is 11.7 Å². The van der Waals surface area contributed by atoms with Gasteiger partial charge in [0.15, 0.2) is 0 Å². The maximum Gasteiger partial charge on any atom is 0.417 e. The Balaban J connectivity index is 3.16. The van der Waals surface area contributed by atoms with Crippen LogP contribution in [0.2, 0.25) is 0 Å². The second kappa shape index (κ2) is 4.16. The zero-order chi connectivity index (χ0) is 10.6. The fourth-order valence-electron chi connectivity index (χ4n) is 0.986. The molecule has 2 N–H and O–H groups in total. The van der Waals surface area contributed by atoms with Gasteiger partial charge in [-0.3, -0.25) is 0 Å². The molecule has 0 saturated heterocycles. The monoisotopic (exact) mass is 199 g/mol. The molecule has 1 nitrogen and oxygen atoms in total. The van der Waals surface area contributed by atoms with Gasteiger partial charge in [0, 0.05) is 5.56 Å². The summed E-state index contributed by atoms with van der Waals surface area (Å²) in [4.78, 5) is 0. The molecule has 0 saturated carbocycles. The van der Waals surface area contributed by atoms with E-state index >= 15 is 0 Å². The van der Waals surface area contributed by atoms with Gasteiger partial charge in [-0.25, -0.2) is 0 Å². The van der Waals surface area contributed by atoms with Crippen LogP contribution in [0.3, 0.4) is 0 Å². The lowest BCUT2D eigenvalue weighted by Gasteiger charge is -2.07. The normalized spacial score (nSPS) is 10.6. The summed E-state index contributed by atoms with van der Waals surface area (Å²) in [6, 6.07) is 5.16. The highest BCUT2D eigenvalue weighted by atomic mass is 19.4. The minimum atomic E-state index is -4.36. The Bertz CT molecular complexity index is 371. The van der Waals surface area contributed by atoms with Crippen LogP contribution in [0.5, 0.6) is 0 Å². The molecule has 14 heavy (non-hydrogen) atoms. The van der Waals surface area contributed by atoms with Gasteiger partial charge in [0.25, 0.3) is 0 Å². The van der Waals surface area contributed by atoms with Crippen LogP contribution in [-0.4, -0.2) is 6.54 Å². The number of rotatable bonds is 0. The van der Waals surface area contributed by atoms with Crippen molar-refractivity contribution in [3.8, 4) is 11.8 Å². The summed E-state index contributed by atoms with van der Waals surface area (Å²) in [6.07, 6.45) is -4.36. The summed E-state index contributed by atoms with van der Waals surface area (Å²) in [7, 11) is 0. The average molecular weight is 199 g/mol. The number of nitrogens with two attached hydrogens (primary N) is 1. The zero-order valence-electron chi connectivity index (χ0n) is 7.23. The van der Waals surface area contributed by atoms with Gasteiger partial charge < -0.3 is 5.73 Å². The largest absolute Gasteiger partial charge is 0.417 e. The highest BCUT2D eigenvalue weighted by molar-refractivity contribution is 5.42. The Morgan fingerprint density at radius 3 is 2.43 bits per heavy atom. The molecule has 1 aromatic carbocycles. The summed E-state index contributed by atoms with van der Waals surface area (Å²) < 4.78 is 37.1. The van der Waals surface area contributed by atoms with Crippen molar-refractivity contribution in [2.75, 3.05) is 6.54 Å². The van der Waals surface area contributed by atoms with E-state index in [9.17, 15) is 13.2 Å². The number of alkyl halides is 3. The van der Waals surface area contributed by atoms with Crippen LogP contribution in [-0.2, 0) is 6.18 Å². The number of hydrogen-bond acceptors (Lipinski definition) is 1. The van der Waals surface area contributed by atoms with E-state index in [1.165, 1.54) is 18.2 Å². The molecule has 1 aromatic rings. The first-order valence-electron chi connectivity index (χ1n) is 3.91. The highest BCUT2D eigenvalue weighted by Crippen LogP contribution is 2.31. The first-order valence-corrected chi connectivity index (χ1v) is 3.91. The van der Waals surface area contributed by atoms with Gasteiger partial charge in [-0.2, -0.15) is 13.2 Å². The molecule has 0 fully saturated rings. The topological polar surface area (TPSA) is 26.0 Å². The fraction of sp³-hybridized carbons (Fsp3) is 0.200. The third-order valence-electron chi connectivity index (χ3n) is 1.56. The molecule has 0 aliphatic carbocycles. The molecule has 0 amide bonds. The van der Waals surface area contributed by atoms with Gasteiger partial charge in [0.05, 0.1) is 12.1 Å². The Labute approximate surface area is 79.7 Å². The second-order valence-electron chi connectivity index (χ2n) is 2.55.